The largest absolute Gasteiger partial charge is 0.477 e. The van der Waals surface area contributed by atoms with Gasteiger partial charge in [0.05, 0.1) is 0 Å². The van der Waals surface area contributed by atoms with Crippen LogP contribution in [0.5, 0.6) is 0 Å². The van der Waals surface area contributed by atoms with E-state index in [1.165, 1.54) is 17.1 Å². The van der Waals surface area contributed by atoms with E-state index in [9.17, 15) is 29.1 Å². The molecule has 3 heterocycles. The first-order valence-electron chi connectivity index (χ1n) is 13.2. The zero-order valence-electron chi connectivity index (χ0n) is 23.1. The van der Waals surface area contributed by atoms with Crippen molar-refractivity contribution in [3.63, 3.8) is 0 Å². The molecule has 1 fully saturated rings. The number of aliphatic carboxylic acids is 1. The van der Waals surface area contributed by atoms with Crippen LogP contribution in [0.2, 0.25) is 0 Å². The second kappa shape index (κ2) is 13.9. The molecule has 13 nitrogen and oxygen atoms in total. The van der Waals surface area contributed by atoms with Crippen LogP contribution in [0, 0.1) is 12.3 Å². The summed E-state index contributed by atoms with van der Waals surface area (Å²) in [5, 5.41) is 19.2. The fourth-order valence-corrected chi connectivity index (χ4v) is 6.49. The topological polar surface area (TPSA) is 177 Å². The number of oxime groups is 1. The van der Waals surface area contributed by atoms with Crippen LogP contribution >= 0.6 is 23.1 Å². The summed E-state index contributed by atoms with van der Waals surface area (Å²) in [6.07, 6.45) is 5.09. The third-order valence-electron chi connectivity index (χ3n) is 6.57. The van der Waals surface area contributed by atoms with Crippen molar-refractivity contribution in [2.45, 2.75) is 17.5 Å². The fourth-order valence-electron chi connectivity index (χ4n) is 4.54. The van der Waals surface area contributed by atoms with Crippen LogP contribution in [0.15, 0.2) is 82.5 Å². The lowest BCUT2D eigenvalue weighted by molar-refractivity contribution is -0.153. The molecular formula is C30H23N5O8S2. The Balaban J connectivity index is 1.31. The van der Waals surface area contributed by atoms with E-state index in [0.717, 1.165) is 27.4 Å². The van der Waals surface area contributed by atoms with Crippen molar-refractivity contribution in [2.24, 2.45) is 5.16 Å². The normalized spacial score (nSPS) is 17.5. The number of benzene rings is 2. The molecule has 2 aliphatic heterocycles. The molecule has 15 heteroatoms. The highest BCUT2D eigenvalue weighted by Gasteiger charge is 2.54. The third-order valence-corrected chi connectivity index (χ3v) is 8.62. The van der Waals surface area contributed by atoms with Gasteiger partial charge in [-0.25, -0.2) is 14.6 Å². The number of nitrogens with zero attached hydrogens (tertiary/aromatic N) is 3. The van der Waals surface area contributed by atoms with E-state index in [1.807, 2.05) is 60.7 Å². The van der Waals surface area contributed by atoms with Crippen LogP contribution in [0.3, 0.4) is 0 Å². The number of thioether (sulfide) groups is 1. The van der Waals surface area contributed by atoms with Crippen molar-refractivity contribution >= 4 is 64.1 Å². The number of carboxylic acid groups (broad SMARTS) is 1. The molecule has 1 unspecified atom stereocenters. The monoisotopic (exact) mass is 645 g/mol. The van der Waals surface area contributed by atoms with Crippen LogP contribution in [0.4, 0.5) is 5.13 Å². The van der Waals surface area contributed by atoms with Gasteiger partial charge in [0.1, 0.15) is 22.8 Å². The summed E-state index contributed by atoms with van der Waals surface area (Å²) >= 11 is 2.19. The van der Waals surface area contributed by atoms with Gasteiger partial charge in [-0.2, -0.15) is 0 Å². The number of amides is 3. The number of carboxylic acids is 1. The quantitative estimate of drug-likeness (QED) is 0.0661. The first kappa shape index (κ1) is 31.0. The van der Waals surface area contributed by atoms with Gasteiger partial charge in [0.25, 0.3) is 11.8 Å². The van der Waals surface area contributed by atoms with Crippen molar-refractivity contribution in [2.75, 3.05) is 17.7 Å². The van der Waals surface area contributed by atoms with Crippen molar-refractivity contribution in [3.05, 3.63) is 94.1 Å². The molecule has 45 heavy (non-hydrogen) atoms. The number of carbonyl (C=O) groups is 5. The lowest BCUT2D eigenvalue weighted by atomic mass is 10.0. The lowest BCUT2D eigenvalue weighted by Gasteiger charge is -2.48. The SMILES string of the molecule is C#CC1=C(C(=O)O)N2C(=O)C(NC(=O)/C(=N/OCC(=O)OC(c3ccccc3)c3ccccc3)c3csc(NC=O)n3)[C@H]2SC1. The van der Waals surface area contributed by atoms with Gasteiger partial charge in [-0.05, 0) is 11.1 Å². The molecule has 228 valence electrons. The molecule has 1 saturated heterocycles. The number of hydrogen-bond donors (Lipinski definition) is 3. The number of terminal acetylenes is 1. The Morgan fingerprint density at radius 2 is 1.82 bits per heavy atom. The van der Waals surface area contributed by atoms with Gasteiger partial charge in [-0.3, -0.25) is 19.3 Å². The maximum absolute atomic E-state index is 13.4. The van der Waals surface area contributed by atoms with Crippen molar-refractivity contribution in [1.29, 1.82) is 0 Å². The van der Waals surface area contributed by atoms with Crippen LogP contribution in [0.1, 0.15) is 22.9 Å². The fraction of sp³-hybridized carbons (Fsp3) is 0.167. The van der Waals surface area contributed by atoms with E-state index >= 15 is 0 Å². The van der Waals surface area contributed by atoms with E-state index in [-0.39, 0.29) is 27.8 Å². The van der Waals surface area contributed by atoms with Gasteiger partial charge < -0.3 is 25.3 Å². The highest BCUT2D eigenvalue weighted by Crippen LogP contribution is 2.40. The number of anilines is 1. The number of β-lactam (4-membered cyclic amide) rings is 1. The number of aromatic nitrogens is 1. The van der Waals surface area contributed by atoms with E-state index in [1.54, 1.807) is 0 Å². The standard InChI is InChI=1S/C30H23N5O8S2/c1-2-17-14-44-28-23(27(39)35(28)24(17)29(40)41)33-26(38)22(20-15-45-30(32-20)31-16-36)34-42-13-21(37)43-25(18-9-5-3-6-10-18)19-11-7-4-8-12-19/h1,3-12,15-16,23,25,28H,13-14H2,(H,33,38)(H,40,41)(H,31,32,36)/b34-22+/t23?,28-/m1/s1. The summed E-state index contributed by atoms with van der Waals surface area (Å²) in [5.41, 5.74) is 0.903. The molecule has 3 N–H and O–H groups in total. The second-order valence-corrected chi connectivity index (χ2v) is 11.3. The average molecular weight is 646 g/mol. The van der Waals surface area contributed by atoms with Crippen LogP contribution in [0.25, 0.3) is 0 Å². The molecule has 0 spiro atoms. The molecule has 0 saturated carbocycles. The molecule has 0 aliphatic carbocycles. The predicted octanol–water partition coefficient (Wildman–Crippen LogP) is 2.14. The molecule has 3 aromatic rings. The van der Waals surface area contributed by atoms with Crippen molar-refractivity contribution < 1.29 is 38.7 Å². The van der Waals surface area contributed by atoms with E-state index in [4.69, 9.17) is 16.0 Å². The van der Waals surface area contributed by atoms with Crippen molar-refractivity contribution in [1.82, 2.24) is 15.2 Å². The Bertz CT molecular complexity index is 1700. The average Bonchev–Trinajstić information content (AvgIpc) is 3.52. The number of esters is 1. The number of fused-ring (bicyclic) bond motifs is 1. The highest BCUT2D eigenvalue weighted by atomic mass is 32.2. The summed E-state index contributed by atoms with van der Waals surface area (Å²) in [6.45, 7) is -0.674. The molecular weight excluding hydrogens is 622 g/mol. The lowest BCUT2D eigenvalue weighted by Crippen LogP contribution is -2.71. The number of thiazole rings is 1. The minimum Gasteiger partial charge on any atom is -0.477 e. The Labute approximate surface area is 264 Å². The van der Waals surface area contributed by atoms with Crippen LogP contribution in [-0.2, 0) is 33.5 Å². The Morgan fingerprint density at radius 1 is 1.16 bits per heavy atom. The molecule has 2 aromatic carbocycles. The van der Waals surface area contributed by atoms with Crippen LogP contribution < -0.4 is 10.6 Å². The molecule has 0 bridgehead atoms. The molecule has 5 rings (SSSR count). The van der Waals surface area contributed by atoms with Crippen molar-refractivity contribution in [3.8, 4) is 12.3 Å². The minimum atomic E-state index is -1.35. The summed E-state index contributed by atoms with van der Waals surface area (Å²) in [5.74, 6) is -1.24. The summed E-state index contributed by atoms with van der Waals surface area (Å²) < 4.78 is 5.70. The summed E-state index contributed by atoms with van der Waals surface area (Å²) in [4.78, 5) is 72.2. The molecule has 0 radical (unpaired) electrons. The van der Waals surface area contributed by atoms with E-state index in [2.05, 4.69) is 26.7 Å². The predicted molar refractivity (Wildman–Crippen MR) is 164 cm³/mol. The number of hydrogen-bond acceptors (Lipinski definition) is 11. The highest BCUT2D eigenvalue weighted by molar-refractivity contribution is 8.00. The van der Waals surface area contributed by atoms with Crippen LogP contribution in [-0.4, -0.2) is 74.6 Å². The number of carbonyl (C=O) groups excluding carboxylic acids is 4. The van der Waals surface area contributed by atoms with Gasteiger partial charge >= 0.3 is 11.9 Å². The van der Waals surface area contributed by atoms with Gasteiger partial charge in [0.2, 0.25) is 13.0 Å². The minimum absolute atomic E-state index is 0.0117. The molecule has 2 aliphatic rings. The summed E-state index contributed by atoms with van der Waals surface area (Å²) in [7, 11) is 0. The molecule has 3 amide bonds. The Kier molecular flexibility index (Phi) is 9.56. The Morgan fingerprint density at radius 3 is 2.42 bits per heavy atom. The third kappa shape index (κ3) is 6.71. The smallest absolute Gasteiger partial charge is 0.353 e. The number of nitrogens with one attached hydrogen (secondary N) is 2. The zero-order valence-corrected chi connectivity index (χ0v) is 24.7. The van der Waals surface area contributed by atoms with Gasteiger partial charge in [0, 0.05) is 16.7 Å². The Hall–Kier alpha value is -5.46. The first-order valence-corrected chi connectivity index (χ1v) is 15.1. The summed E-state index contributed by atoms with van der Waals surface area (Å²) in [6, 6.07) is 17.1. The number of ether oxygens (including phenoxy) is 1. The molecule has 2 atom stereocenters. The second-order valence-electron chi connectivity index (χ2n) is 9.34. The molecule has 1 aromatic heterocycles. The maximum atomic E-state index is 13.4. The maximum Gasteiger partial charge on any atom is 0.353 e. The van der Waals surface area contributed by atoms with Gasteiger partial charge in [0.15, 0.2) is 16.9 Å². The van der Waals surface area contributed by atoms with E-state index in [0.29, 0.717) is 6.41 Å². The zero-order chi connectivity index (χ0) is 31.9. The first-order chi connectivity index (χ1) is 21.8. The van der Waals surface area contributed by atoms with Gasteiger partial charge in [-0.15, -0.1) is 29.5 Å². The number of rotatable bonds is 12. The van der Waals surface area contributed by atoms with Gasteiger partial charge in [-0.1, -0.05) is 71.7 Å². The van der Waals surface area contributed by atoms with E-state index < -0.39 is 53.6 Å².